The summed E-state index contributed by atoms with van der Waals surface area (Å²) in [6, 6.07) is 10.4. The summed E-state index contributed by atoms with van der Waals surface area (Å²) >= 11 is 0. The number of para-hydroxylation sites is 1. The van der Waals surface area contributed by atoms with Crippen LogP contribution in [-0.2, 0) is 0 Å². The van der Waals surface area contributed by atoms with Gasteiger partial charge in [-0.1, -0.05) is 31.0 Å². The largest absolute Gasteiger partial charge is 0.393 e. The average Bonchev–Trinajstić information content (AvgIpc) is 2.33. The first-order valence-electron chi connectivity index (χ1n) is 6.21. The van der Waals surface area contributed by atoms with Gasteiger partial charge in [-0.05, 0) is 25.0 Å². The van der Waals surface area contributed by atoms with E-state index in [0.717, 1.165) is 13.0 Å². The molecule has 0 heterocycles. The first-order valence-corrected chi connectivity index (χ1v) is 6.21. The Bertz CT molecular complexity index is 312. The zero-order valence-corrected chi connectivity index (χ0v) is 9.97. The van der Waals surface area contributed by atoms with Crippen molar-refractivity contribution >= 4 is 5.69 Å². The third-order valence-electron chi connectivity index (χ3n) is 3.57. The molecule has 0 spiro atoms. The minimum absolute atomic E-state index is 0.0973. The van der Waals surface area contributed by atoms with Crippen molar-refractivity contribution in [3.05, 3.63) is 30.3 Å². The highest BCUT2D eigenvalue weighted by atomic mass is 16.3. The normalized spacial score (nSPS) is 25.4. The van der Waals surface area contributed by atoms with E-state index in [4.69, 9.17) is 0 Å². The maximum atomic E-state index is 9.94. The lowest BCUT2D eigenvalue weighted by atomic mass is 9.86. The fraction of sp³-hybridized carbons (Fsp3) is 0.571. The summed E-state index contributed by atoms with van der Waals surface area (Å²) in [5.41, 5.74) is 1.24. The SMILES string of the molecule is CN(CC1CCCCC1O)c1ccccc1. The molecule has 1 N–H and O–H groups in total. The molecule has 0 radical (unpaired) electrons. The summed E-state index contributed by atoms with van der Waals surface area (Å²) in [6.45, 7) is 0.963. The summed E-state index contributed by atoms with van der Waals surface area (Å²) in [6.07, 6.45) is 4.50. The van der Waals surface area contributed by atoms with E-state index in [0.29, 0.717) is 5.92 Å². The minimum Gasteiger partial charge on any atom is -0.393 e. The molecule has 88 valence electrons. The Labute approximate surface area is 97.9 Å². The van der Waals surface area contributed by atoms with Gasteiger partial charge in [0.05, 0.1) is 6.10 Å². The van der Waals surface area contributed by atoms with Crippen LogP contribution in [-0.4, -0.2) is 24.8 Å². The van der Waals surface area contributed by atoms with E-state index in [1.54, 1.807) is 0 Å². The lowest BCUT2D eigenvalue weighted by molar-refractivity contribution is 0.0736. The number of hydrogen-bond acceptors (Lipinski definition) is 2. The molecule has 2 rings (SSSR count). The molecule has 0 aromatic heterocycles. The second-order valence-corrected chi connectivity index (χ2v) is 4.83. The Morgan fingerprint density at radius 2 is 1.88 bits per heavy atom. The number of nitrogens with zero attached hydrogens (tertiary/aromatic N) is 1. The molecule has 1 aromatic rings. The molecular weight excluding hydrogens is 198 g/mol. The van der Waals surface area contributed by atoms with Crippen LogP contribution in [0.25, 0.3) is 0 Å². The van der Waals surface area contributed by atoms with Gasteiger partial charge in [0.2, 0.25) is 0 Å². The minimum atomic E-state index is -0.0973. The Hall–Kier alpha value is -1.02. The van der Waals surface area contributed by atoms with E-state index in [2.05, 4.69) is 36.2 Å². The van der Waals surface area contributed by atoms with Crippen LogP contribution in [0.5, 0.6) is 0 Å². The van der Waals surface area contributed by atoms with Crippen molar-refractivity contribution in [1.29, 1.82) is 0 Å². The summed E-state index contributed by atoms with van der Waals surface area (Å²) in [7, 11) is 2.11. The number of benzene rings is 1. The van der Waals surface area contributed by atoms with Gasteiger partial charge in [-0.2, -0.15) is 0 Å². The van der Waals surface area contributed by atoms with Crippen LogP contribution in [0.3, 0.4) is 0 Å². The number of aliphatic hydroxyl groups excluding tert-OH is 1. The predicted molar refractivity (Wildman–Crippen MR) is 67.7 cm³/mol. The van der Waals surface area contributed by atoms with Crippen LogP contribution >= 0.6 is 0 Å². The molecule has 0 aliphatic heterocycles. The van der Waals surface area contributed by atoms with Crippen LogP contribution in [0, 0.1) is 5.92 Å². The molecular formula is C14H21NO. The maximum absolute atomic E-state index is 9.94. The molecule has 0 amide bonds. The van der Waals surface area contributed by atoms with Gasteiger partial charge in [0, 0.05) is 25.2 Å². The molecule has 16 heavy (non-hydrogen) atoms. The Morgan fingerprint density at radius 3 is 2.56 bits per heavy atom. The maximum Gasteiger partial charge on any atom is 0.0585 e. The number of anilines is 1. The van der Waals surface area contributed by atoms with E-state index in [9.17, 15) is 5.11 Å². The Morgan fingerprint density at radius 1 is 1.19 bits per heavy atom. The van der Waals surface area contributed by atoms with Crippen LogP contribution in [0.4, 0.5) is 5.69 Å². The second-order valence-electron chi connectivity index (χ2n) is 4.83. The predicted octanol–water partition coefficient (Wildman–Crippen LogP) is 2.67. The first-order chi connectivity index (χ1) is 7.77. The van der Waals surface area contributed by atoms with Gasteiger partial charge in [-0.3, -0.25) is 0 Å². The van der Waals surface area contributed by atoms with E-state index >= 15 is 0 Å². The number of rotatable bonds is 3. The molecule has 2 atom stereocenters. The molecule has 1 aliphatic carbocycles. The van der Waals surface area contributed by atoms with Gasteiger partial charge in [-0.25, -0.2) is 0 Å². The average molecular weight is 219 g/mol. The summed E-state index contributed by atoms with van der Waals surface area (Å²) in [5.74, 6) is 0.443. The lowest BCUT2D eigenvalue weighted by Crippen LogP contribution is -2.35. The van der Waals surface area contributed by atoms with Crippen molar-refractivity contribution in [2.24, 2.45) is 5.92 Å². The first kappa shape index (κ1) is 11.5. The van der Waals surface area contributed by atoms with Gasteiger partial charge >= 0.3 is 0 Å². The van der Waals surface area contributed by atoms with Crippen LogP contribution in [0.1, 0.15) is 25.7 Å². The van der Waals surface area contributed by atoms with Crippen LogP contribution < -0.4 is 4.90 Å². The van der Waals surface area contributed by atoms with Crippen molar-refractivity contribution in [2.45, 2.75) is 31.8 Å². The highest BCUT2D eigenvalue weighted by molar-refractivity contribution is 5.45. The molecule has 1 aliphatic rings. The molecule has 0 bridgehead atoms. The van der Waals surface area contributed by atoms with Gasteiger partial charge in [-0.15, -0.1) is 0 Å². The van der Waals surface area contributed by atoms with Gasteiger partial charge in [0.15, 0.2) is 0 Å². The molecule has 2 heteroatoms. The molecule has 1 aromatic carbocycles. The van der Waals surface area contributed by atoms with Gasteiger partial charge in [0.1, 0.15) is 0 Å². The summed E-state index contributed by atoms with van der Waals surface area (Å²) in [4.78, 5) is 2.25. The van der Waals surface area contributed by atoms with Crippen molar-refractivity contribution in [1.82, 2.24) is 0 Å². The van der Waals surface area contributed by atoms with Gasteiger partial charge in [0.25, 0.3) is 0 Å². The van der Waals surface area contributed by atoms with E-state index in [1.165, 1.54) is 24.9 Å². The highest BCUT2D eigenvalue weighted by Gasteiger charge is 2.24. The smallest absolute Gasteiger partial charge is 0.0585 e. The highest BCUT2D eigenvalue weighted by Crippen LogP contribution is 2.26. The van der Waals surface area contributed by atoms with E-state index in [1.807, 2.05) is 6.07 Å². The number of hydrogen-bond donors (Lipinski definition) is 1. The van der Waals surface area contributed by atoms with Crippen molar-refractivity contribution in [3.8, 4) is 0 Å². The summed E-state index contributed by atoms with van der Waals surface area (Å²) < 4.78 is 0. The van der Waals surface area contributed by atoms with Crippen molar-refractivity contribution < 1.29 is 5.11 Å². The van der Waals surface area contributed by atoms with Crippen molar-refractivity contribution in [3.63, 3.8) is 0 Å². The zero-order chi connectivity index (χ0) is 11.4. The molecule has 1 fully saturated rings. The van der Waals surface area contributed by atoms with E-state index in [-0.39, 0.29) is 6.10 Å². The monoisotopic (exact) mass is 219 g/mol. The standard InChI is InChI=1S/C14H21NO/c1-15(13-8-3-2-4-9-13)11-12-7-5-6-10-14(12)16/h2-4,8-9,12,14,16H,5-7,10-11H2,1H3. The van der Waals surface area contributed by atoms with Gasteiger partial charge < -0.3 is 10.0 Å². The zero-order valence-electron chi connectivity index (χ0n) is 9.97. The fourth-order valence-corrected chi connectivity index (χ4v) is 2.54. The Balaban J connectivity index is 1.94. The number of aliphatic hydroxyl groups is 1. The fourth-order valence-electron chi connectivity index (χ4n) is 2.54. The topological polar surface area (TPSA) is 23.5 Å². The third-order valence-corrected chi connectivity index (χ3v) is 3.57. The molecule has 2 nitrogen and oxygen atoms in total. The van der Waals surface area contributed by atoms with Crippen molar-refractivity contribution in [2.75, 3.05) is 18.5 Å². The third kappa shape index (κ3) is 2.76. The van der Waals surface area contributed by atoms with Crippen LogP contribution in [0.15, 0.2) is 30.3 Å². The quantitative estimate of drug-likeness (QED) is 0.845. The Kier molecular flexibility index (Phi) is 3.83. The second kappa shape index (κ2) is 5.35. The molecule has 1 saturated carbocycles. The molecule has 0 saturated heterocycles. The lowest BCUT2D eigenvalue weighted by Gasteiger charge is -2.32. The van der Waals surface area contributed by atoms with E-state index < -0.39 is 0 Å². The van der Waals surface area contributed by atoms with Crippen LogP contribution in [0.2, 0.25) is 0 Å². The molecule has 2 unspecified atom stereocenters. The summed E-state index contributed by atoms with van der Waals surface area (Å²) in [5, 5.41) is 9.94.